The average Bonchev–Trinajstić information content (AvgIpc) is 3.24. The minimum Gasteiger partial charge on any atom is -0.497 e. The predicted octanol–water partition coefficient (Wildman–Crippen LogP) is 2.95. The van der Waals surface area contributed by atoms with Crippen LogP contribution in [0.1, 0.15) is 34.7 Å². The number of halogens is 1. The minimum atomic E-state index is -0.450. The van der Waals surface area contributed by atoms with E-state index in [4.69, 9.17) is 4.74 Å². The first-order chi connectivity index (χ1) is 13.7. The monoisotopic (exact) mass is 383 g/mol. The Morgan fingerprint density at radius 2 is 1.93 bits per heavy atom. The van der Waals surface area contributed by atoms with Crippen molar-refractivity contribution < 1.29 is 13.9 Å². The molecule has 0 radical (unpaired) electrons. The number of methoxy groups -OCH3 is 1. The van der Waals surface area contributed by atoms with E-state index in [9.17, 15) is 9.18 Å². The van der Waals surface area contributed by atoms with Crippen LogP contribution in [-0.2, 0) is 0 Å². The number of rotatable bonds is 4. The van der Waals surface area contributed by atoms with Crippen LogP contribution in [0.3, 0.4) is 0 Å². The molecule has 0 saturated carbocycles. The van der Waals surface area contributed by atoms with E-state index in [1.54, 1.807) is 30.2 Å². The van der Waals surface area contributed by atoms with E-state index in [1.165, 1.54) is 11.6 Å². The lowest BCUT2D eigenvalue weighted by molar-refractivity contribution is 0.0665. The van der Waals surface area contributed by atoms with Gasteiger partial charge in [-0.2, -0.15) is 0 Å². The van der Waals surface area contributed by atoms with Crippen LogP contribution < -0.4 is 15.6 Å². The summed E-state index contributed by atoms with van der Waals surface area (Å²) in [6, 6.07) is 14.7. The summed E-state index contributed by atoms with van der Waals surface area (Å²) in [5, 5.41) is 0. The molecule has 2 aliphatic heterocycles. The first-order valence-electron chi connectivity index (χ1n) is 9.83. The number of amides is 1. The second-order valence-corrected chi connectivity index (χ2v) is 7.54. The number of benzene rings is 2. The predicted molar refractivity (Wildman–Crippen MR) is 106 cm³/mol. The summed E-state index contributed by atoms with van der Waals surface area (Å²) in [5.41, 5.74) is 8.16. The van der Waals surface area contributed by atoms with Crippen LogP contribution in [0.2, 0.25) is 0 Å². The molecule has 0 bridgehead atoms. The number of carbonyl (C=O) groups is 1. The molecule has 2 aromatic carbocycles. The highest BCUT2D eigenvalue weighted by molar-refractivity contribution is 5.94. The normalized spacial score (nSPS) is 23.0. The van der Waals surface area contributed by atoms with E-state index >= 15 is 0 Å². The van der Waals surface area contributed by atoms with Gasteiger partial charge in [0.2, 0.25) is 0 Å². The highest BCUT2D eigenvalue weighted by Gasteiger charge is 2.37. The molecule has 6 heteroatoms. The van der Waals surface area contributed by atoms with Gasteiger partial charge in [0.25, 0.3) is 5.91 Å². The molecule has 1 amide bonds. The third-order valence-corrected chi connectivity index (χ3v) is 5.99. The summed E-state index contributed by atoms with van der Waals surface area (Å²) in [5.74, 6) is 1.02. The topological polar surface area (TPSA) is 53.6 Å². The zero-order chi connectivity index (χ0) is 19.5. The molecule has 2 aliphatic rings. The van der Waals surface area contributed by atoms with Crippen molar-refractivity contribution >= 4 is 5.91 Å². The van der Waals surface area contributed by atoms with Crippen LogP contribution in [-0.4, -0.2) is 43.6 Å². The van der Waals surface area contributed by atoms with Crippen molar-refractivity contribution in [2.45, 2.75) is 24.8 Å². The molecule has 0 aliphatic carbocycles. The van der Waals surface area contributed by atoms with Crippen LogP contribution in [0.25, 0.3) is 0 Å². The van der Waals surface area contributed by atoms with Crippen molar-refractivity contribution in [1.82, 2.24) is 15.8 Å². The molecular weight excluding hydrogens is 357 g/mol. The Bertz CT molecular complexity index is 836. The van der Waals surface area contributed by atoms with Gasteiger partial charge < -0.3 is 9.64 Å². The Balaban J connectivity index is 1.41. The van der Waals surface area contributed by atoms with Crippen LogP contribution >= 0.6 is 0 Å². The molecule has 2 heterocycles. The van der Waals surface area contributed by atoms with E-state index in [1.807, 2.05) is 12.1 Å². The van der Waals surface area contributed by atoms with Gasteiger partial charge in [0.1, 0.15) is 11.6 Å². The molecule has 2 N–H and O–H groups in total. The molecule has 0 aromatic heterocycles. The fraction of sp³-hybridized carbons (Fsp3) is 0.409. The smallest absolute Gasteiger partial charge is 0.256 e. The number of hydrazine groups is 1. The largest absolute Gasteiger partial charge is 0.497 e. The van der Waals surface area contributed by atoms with Crippen molar-refractivity contribution in [3.8, 4) is 5.75 Å². The SMILES string of the molecule is COc1cccc(C2CNNC2C2CCN(C(=O)c3ccccc3F)CC2)c1. The van der Waals surface area contributed by atoms with Crippen LogP contribution in [0.15, 0.2) is 48.5 Å². The Morgan fingerprint density at radius 3 is 2.68 bits per heavy atom. The second-order valence-electron chi connectivity index (χ2n) is 7.54. The van der Waals surface area contributed by atoms with E-state index in [0.29, 0.717) is 31.0 Å². The van der Waals surface area contributed by atoms with E-state index in [2.05, 4.69) is 23.0 Å². The van der Waals surface area contributed by atoms with Crippen molar-refractivity contribution in [3.63, 3.8) is 0 Å². The third-order valence-electron chi connectivity index (χ3n) is 5.99. The van der Waals surface area contributed by atoms with Crippen LogP contribution in [0, 0.1) is 11.7 Å². The first kappa shape index (κ1) is 18.9. The Hall–Kier alpha value is -2.44. The lowest BCUT2D eigenvalue weighted by atomic mass is 9.80. The number of nitrogens with zero attached hydrogens (tertiary/aromatic N) is 1. The molecule has 5 nitrogen and oxygen atoms in total. The lowest BCUT2D eigenvalue weighted by Gasteiger charge is -2.36. The third kappa shape index (κ3) is 3.75. The molecule has 2 fully saturated rings. The maximum Gasteiger partial charge on any atom is 0.256 e. The number of ether oxygens (including phenoxy) is 1. The van der Waals surface area contributed by atoms with Crippen molar-refractivity contribution in [2.75, 3.05) is 26.7 Å². The Morgan fingerprint density at radius 1 is 1.14 bits per heavy atom. The summed E-state index contributed by atoms with van der Waals surface area (Å²) in [4.78, 5) is 14.4. The van der Waals surface area contributed by atoms with Gasteiger partial charge in [0.05, 0.1) is 12.7 Å². The number of likely N-dealkylation sites (tertiary alicyclic amines) is 1. The van der Waals surface area contributed by atoms with E-state index in [0.717, 1.165) is 25.1 Å². The molecule has 2 saturated heterocycles. The summed E-state index contributed by atoms with van der Waals surface area (Å²) >= 11 is 0. The quantitative estimate of drug-likeness (QED) is 0.852. The standard InChI is InChI=1S/C22H26FN3O2/c1-28-17-6-4-5-16(13-17)19-14-24-25-21(19)15-9-11-26(12-10-15)22(27)18-7-2-3-8-20(18)23/h2-8,13,15,19,21,24-25H,9-12,14H2,1H3. The zero-order valence-electron chi connectivity index (χ0n) is 16.0. The van der Waals surface area contributed by atoms with Crippen LogP contribution in [0.4, 0.5) is 4.39 Å². The van der Waals surface area contributed by atoms with Gasteiger partial charge in [-0.05, 0) is 48.6 Å². The van der Waals surface area contributed by atoms with E-state index in [-0.39, 0.29) is 11.5 Å². The molecule has 148 valence electrons. The number of piperidine rings is 1. The van der Waals surface area contributed by atoms with Gasteiger partial charge in [-0.25, -0.2) is 4.39 Å². The van der Waals surface area contributed by atoms with E-state index < -0.39 is 5.82 Å². The first-order valence-corrected chi connectivity index (χ1v) is 9.83. The lowest BCUT2D eigenvalue weighted by Crippen LogP contribution is -2.46. The molecule has 2 aromatic rings. The van der Waals surface area contributed by atoms with Gasteiger partial charge in [-0.1, -0.05) is 24.3 Å². The highest BCUT2D eigenvalue weighted by Crippen LogP contribution is 2.33. The summed E-state index contributed by atoms with van der Waals surface area (Å²) in [6.07, 6.45) is 1.81. The number of hydrogen-bond donors (Lipinski definition) is 2. The minimum absolute atomic E-state index is 0.163. The molecule has 2 unspecified atom stereocenters. The summed E-state index contributed by atoms with van der Waals surface area (Å²) in [6.45, 7) is 2.17. The number of hydrogen-bond acceptors (Lipinski definition) is 4. The molecule has 28 heavy (non-hydrogen) atoms. The highest BCUT2D eigenvalue weighted by atomic mass is 19.1. The summed E-state index contributed by atoms with van der Waals surface area (Å²) in [7, 11) is 1.68. The maximum atomic E-state index is 13.9. The van der Waals surface area contributed by atoms with Crippen molar-refractivity contribution in [2.24, 2.45) is 5.92 Å². The summed E-state index contributed by atoms with van der Waals surface area (Å²) < 4.78 is 19.3. The van der Waals surface area contributed by atoms with Gasteiger partial charge in [-0.3, -0.25) is 15.6 Å². The Labute approximate surface area is 164 Å². The molecule has 4 rings (SSSR count). The molecule has 2 atom stereocenters. The van der Waals surface area contributed by atoms with Crippen molar-refractivity contribution in [3.05, 3.63) is 65.5 Å². The second kappa shape index (κ2) is 8.29. The maximum absolute atomic E-state index is 13.9. The van der Waals surface area contributed by atoms with Crippen molar-refractivity contribution in [1.29, 1.82) is 0 Å². The molecule has 0 spiro atoms. The zero-order valence-corrected chi connectivity index (χ0v) is 16.0. The van der Waals surface area contributed by atoms with Crippen LogP contribution in [0.5, 0.6) is 5.75 Å². The number of nitrogens with one attached hydrogen (secondary N) is 2. The van der Waals surface area contributed by atoms with Gasteiger partial charge in [0, 0.05) is 31.6 Å². The van der Waals surface area contributed by atoms with Gasteiger partial charge >= 0.3 is 0 Å². The van der Waals surface area contributed by atoms with Gasteiger partial charge in [0.15, 0.2) is 0 Å². The molecular formula is C22H26FN3O2. The average molecular weight is 383 g/mol. The van der Waals surface area contributed by atoms with Gasteiger partial charge in [-0.15, -0.1) is 0 Å². The fourth-order valence-corrected chi connectivity index (χ4v) is 4.42. The number of carbonyl (C=O) groups excluding carboxylic acids is 1. The fourth-order valence-electron chi connectivity index (χ4n) is 4.42. The Kier molecular flexibility index (Phi) is 5.59.